The minimum Gasteiger partial charge on any atom is -0.619 e. The lowest BCUT2D eigenvalue weighted by Gasteiger charge is -2.12. The Balaban J connectivity index is 2.58. The lowest BCUT2D eigenvalue weighted by Crippen LogP contribution is -2.20. The Morgan fingerprint density at radius 3 is 2.88 bits per heavy atom. The topological polar surface area (TPSA) is 29.3 Å². The van der Waals surface area contributed by atoms with Crippen molar-refractivity contribution in [1.82, 2.24) is 4.90 Å². The Morgan fingerprint density at radius 1 is 1.75 bits per heavy atom. The highest BCUT2D eigenvalue weighted by molar-refractivity contribution is 5.55. The average molecular weight is 112 g/mol. The maximum atomic E-state index is 10.4. The Kier molecular flexibility index (Phi) is 1.20. The molecule has 0 amide bonds. The second-order valence-corrected chi connectivity index (χ2v) is 1.78. The molecule has 0 atom stereocenters. The van der Waals surface area contributed by atoms with Crippen molar-refractivity contribution in [2.75, 3.05) is 13.6 Å². The summed E-state index contributed by atoms with van der Waals surface area (Å²) < 4.78 is 0.806. The first-order valence-corrected chi connectivity index (χ1v) is 2.46. The minimum atomic E-state index is 0.708. The molecule has 1 heterocycles. The fourth-order valence-electron chi connectivity index (χ4n) is 0.510. The molecule has 0 aromatic carbocycles. The Bertz CT molecular complexity index is 139. The first-order valence-electron chi connectivity index (χ1n) is 2.46. The van der Waals surface area contributed by atoms with Gasteiger partial charge in [-0.2, -0.15) is 4.74 Å². The van der Waals surface area contributed by atoms with Crippen molar-refractivity contribution in [3.05, 3.63) is 17.6 Å². The normalized spacial score (nSPS) is 18.6. The Labute approximate surface area is 48.1 Å². The lowest BCUT2D eigenvalue weighted by atomic mass is 10.5. The standard InChI is InChI=1S/C5H8N2O/c1-6-2-4-7(8)5-3-6/h2,4-5H,3H2,1H3. The summed E-state index contributed by atoms with van der Waals surface area (Å²) in [6, 6.07) is 0. The van der Waals surface area contributed by atoms with Gasteiger partial charge in [-0.25, -0.2) is 0 Å². The predicted octanol–water partition coefficient (Wildman–Crippen LogP) is -0.0159. The molecule has 0 spiro atoms. The molecule has 44 valence electrons. The molecule has 0 unspecified atom stereocenters. The molecular formula is C5H8N2O. The monoisotopic (exact) mass is 112 g/mol. The molecule has 0 aromatic heterocycles. The number of hydroxylamine groups is 1. The third-order valence-corrected chi connectivity index (χ3v) is 1.02. The first-order chi connectivity index (χ1) is 3.79. The Morgan fingerprint density at radius 2 is 2.50 bits per heavy atom. The molecule has 0 saturated carbocycles. The summed E-state index contributed by atoms with van der Waals surface area (Å²) in [7, 11) is 1.92. The van der Waals surface area contributed by atoms with Crippen LogP contribution in [-0.2, 0) is 0 Å². The van der Waals surface area contributed by atoms with Crippen molar-refractivity contribution in [3.8, 4) is 0 Å². The molecule has 1 aliphatic heterocycles. The third kappa shape index (κ3) is 0.992. The van der Waals surface area contributed by atoms with Crippen LogP contribution in [0.15, 0.2) is 12.4 Å². The van der Waals surface area contributed by atoms with Crippen LogP contribution in [0, 0.1) is 5.21 Å². The maximum absolute atomic E-state index is 10.4. The molecule has 1 rings (SSSR count). The second-order valence-electron chi connectivity index (χ2n) is 1.78. The van der Waals surface area contributed by atoms with Crippen molar-refractivity contribution < 1.29 is 4.74 Å². The van der Waals surface area contributed by atoms with Crippen LogP contribution in [-0.4, -0.2) is 29.4 Å². The van der Waals surface area contributed by atoms with Gasteiger partial charge >= 0.3 is 0 Å². The highest BCUT2D eigenvalue weighted by Crippen LogP contribution is 1.87. The van der Waals surface area contributed by atoms with E-state index in [1.54, 1.807) is 12.4 Å². The summed E-state index contributed by atoms with van der Waals surface area (Å²) in [6.07, 6.45) is 4.79. The van der Waals surface area contributed by atoms with Gasteiger partial charge in [-0.1, -0.05) is 0 Å². The van der Waals surface area contributed by atoms with Gasteiger partial charge in [0, 0.05) is 7.05 Å². The highest BCUT2D eigenvalue weighted by atomic mass is 16.5. The van der Waals surface area contributed by atoms with Crippen LogP contribution >= 0.6 is 0 Å². The summed E-state index contributed by atoms with van der Waals surface area (Å²) in [6.45, 7) is 0.708. The fraction of sp³-hybridized carbons (Fsp3) is 0.400. The molecule has 0 bridgehead atoms. The summed E-state index contributed by atoms with van der Waals surface area (Å²) >= 11 is 0. The quantitative estimate of drug-likeness (QED) is 0.325. The second kappa shape index (κ2) is 1.86. The average Bonchev–Trinajstić information content (AvgIpc) is 1.77. The molecule has 0 fully saturated rings. The largest absolute Gasteiger partial charge is 0.619 e. The number of hydrogen-bond donors (Lipinski definition) is 0. The van der Waals surface area contributed by atoms with E-state index < -0.39 is 0 Å². The van der Waals surface area contributed by atoms with Crippen LogP contribution < -0.4 is 0 Å². The molecule has 0 radical (unpaired) electrons. The van der Waals surface area contributed by atoms with Gasteiger partial charge < -0.3 is 10.1 Å². The summed E-state index contributed by atoms with van der Waals surface area (Å²) in [5.74, 6) is 0. The minimum absolute atomic E-state index is 0.708. The predicted molar refractivity (Wildman–Crippen MR) is 31.5 cm³/mol. The molecule has 1 aliphatic rings. The van der Waals surface area contributed by atoms with Gasteiger partial charge in [0.25, 0.3) is 0 Å². The number of rotatable bonds is 0. The molecular weight excluding hydrogens is 104 g/mol. The van der Waals surface area contributed by atoms with Crippen LogP contribution in [0.1, 0.15) is 0 Å². The maximum Gasteiger partial charge on any atom is 0.195 e. The highest BCUT2D eigenvalue weighted by Gasteiger charge is 1.97. The SMILES string of the molecule is CN1C=C[N+]([O-])=CC1. The van der Waals surface area contributed by atoms with Gasteiger partial charge in [0.15, 0.2) is 12.4 Å². The van der Waals surface area contributed by atoms with Crippen molar-refractivity contribution in [1.29, 1.82) is 0 Å². The van der Waals surface area contributed by atoms with Gasteiger partial charge in [0.2, 0.25) is 0 Å². The number of hydrogen-bond acceptors (Lipinski definition) is 2. The lowest BCUT2D eigenvalue weighted by molar-refractivity contribution is -0.377. The zero-order valence-corrected chi connectivity index (χ0v) is 4.74. The first kappa shape index (κ1) is 5.15. The van der Waals surface area contributed by atoms with E-state index in [-0.39, 0.29) is 0 Å². The van der Waals surface area contributed by atoms with Gasteiger partial charge in [0.05, 0.1) is 12.7 Å². The van der Waals surface area contributed by atoms with E-state index in [1.807, 2.05) is 11.9 Å². The van der Waals surface area contributed by atoms with Crippen LogP contribution in [0.25, 0.3) is 0 Å². The zero-order valence-electron chi connectivity index (χ0n) is 4.74. The molecule has 3 heteroatoms. The van der Waals surface area contributed by atoms with Gasteiger partial charge in [-0.05, 0) is 0 Å². The third-order valence-electron chi connectivity index (χ3n) is 1.02. The van der Waals surface area contributed by atoms with Gasteiger partial charge in [-0.3, -0.25) is 0 Å². The molecule has 0 saturated heterocycles. The van der Waals surface area contributed by atoms with Crippen LogP contribution in [0.5, 0.6) is 0 Å². The molecule has 3 nitrogen and oxygen atoms in total. The zero-order chi connectivity index (χ0) is 5.98. The van der Waals surface area contributed by atoms with E-state index in [0.717, 1.165) is 4.74 Å². The molecule has 0 N–H and O–H groups in total. The van der Waals surface area contributed by atoms with E-state index in [2.05, 4.69) is 0 Å². The molecule has 0 aliphatic carbocycles. The van der Waals surface area contributed by atoms with Crippen LogP contribution in [0.3, 0.4) is 0 Å². The molecule has 8 heavy (non-hydrogen) atoms. The van der Waals surface area contributed by atoms with Crippen molar-refractivity contribution in [2.45, 2.75) is 0 Å². The van der Waals surface area contributed by atoms with Crippen LogP contribution in [0.4, 0.5) is 0 Å². The van der Waals surface area contributed by atoms with E-state index in [1.165, 1.54) is 6.20 Å². The van der Waals surface area contributed by atoms with Crippen LogP contribution in [0.2, 0.25) is 0 Å². The van der Waals surface area contributed by atoms with Gasteiger partial charge in [-0.15, -0.1) is 0 Å². The van der Waals surface area contributed by atoms with E-state index in [4.69, 9.17) is 0 Å². The summed E-state index contributed by atoms with van der Waals surface area (Å²) in [5, 5.41) is 10.4. The smallest absolute Gasteiger partial charge is 0.195 e. The fourth-order valence-corrected chi connectivity index (χ4v) is 0.510. The molecule has 0 aromatic rings. The van der Waals surface area contributed by atoms with E-state index in [9.17, 15) is 5.21 Å². The van der Waals surface area contributed by atoms with Crippen molar-refractivity contribution >= 4 is 6.21 Å². The Hall–Kier alpha value is -0.990. The summed E-state index contributed by atoms with van der Waals surface area (Å²) in [4.78, 5) is 1.92. The van der Waals surface area contributed by atoms with Crippen molar-refractivity contribution in [2.24, 2.45) is 0 Å². The number of nitrogens with zero attached hydrogens (tertiary/aromatic N) is 2. The van der Waals surface area contributed by atoms with E-state index in [0.29, 0.717) is 6.54 Å². The summed E-state index contributed by atoms with van der Waals surface area (Å²) in [5.41, 5.74) is 0. The van der Waals surface area contributed by atoms with Crippen molar-refractivity contribution in [3.63, 3.8) is 0 Å². The van der Waals surface area contributed by atoms with E-state index >= 15 is 0 Å². The van der Waals surface area contributed by atoms with Gasteiger partial charge in [0.1, 0.15) is 0 Å².